The van der Waals surface area contributed by atoms with Crippen LogP contribution in [0, 0.1) is 18.3 Å². The fourth-order valence-electron chi connectivity index (χ4n) is 2.08. The van der Waals surface area contributed by atoms with Crippen LogP contribution in [0.3, 0.4) is 0 Å². The molecule has 0 fully saturated rings. The lowest BCUT2D eigenvalue weighted by atomic mass is 9.98. The molecule has 0 atom stereocenters. The van der Waals surface area contributed by atoms with Gasteiger partial charge in [-0.15, -0.1) is 0 Å². The van der Waals surface area contributed by atoms with Gasteiger partial charge in [-0.3, -0.25) is 0 Å². The molecule has 0 saturated heterocycles. The van der Waals surface area contributed by atoms with E-state index in [4.69, 9.17) is 15.7 Å². The van der Waals surface area contributed by atoms with Crippen LogP contribution in [0.1, 0.15) is 36.6 Å². The third kappa shape index (κ3) is 2.89. The maximum absolute atomic E-state index is 8.90. The standard InChI is InChI=1S/C16H17N3O/c1-10(2)13-5-4-12(8-11(13)3)20-16-7-6-14(18)15(9-17)19-16/h4-8,10H,18H2,1-3H3. The van der Waals surface area contributed by atoms with Crippen LogP contribution >= 0.6 is 0 Å². The second kappa shape index (κ2) is 5.62. The first-order chi connectivity index (χ1) is 9.51. The van der Waals surface area contributed by atoms with Gasteiger partial charge in [-0.2, -0.15) is 5.26 Å². The highest BCUT2D eigenvalue weighted by atomic mass is 16.5. The lowest BCUT2D eigenvalue weighted by Gasteiger charge is -2.12. The van der Waals surface area contributed by atoms with Crippen molar-refractivity contribution in [2.75, 3.05) is 5.73 Å². The van der Waals surface area contributed by atoms with Gasteiger partial charge in [0.25, 0.3) is 0 Å². The summed E-state index contributed by atoms with van der Waals surface area (Å²) in [6, 6.07) is 11.2. The van der Waals surface area contributed by atoms with Crippen molar-refractivity contribution < 1.29 is 4.74 Å². The summed E-state index contributed by atoms with van der Waals surface area (Å²) in [5.74, 6) is 1.55. The Hall–Kier alpha value is -2.54. The number of benzene rings is 1. The monoisotopic (exact) mass is 267 g/mol. The Kier molecular flexibility index (Phi) is 3.90. The van der Waals surface area contributed by atoms with Crippen LogP contribution in [0.4, 0.5) is 5.69 Å². The first kappa shape index (κ1) is 13.9. The minimum atomic E-state index is 0.179. The summed E-state index contributed by atoms with van der Waals surface area (Å²) in [5.41, 5.74) is 8.63. The van der Waals surface area contributed by atoms with Gasteiger partial charge in [0.05, 0.1) is 5.69 Å². The highest BCUT2D eigenvalue weighted by molar-refractivity contribution is 5.51. The lowest BCUT2D eigenvalue weighted by molar-refractivity contribution is 0.462. The number of anilines is 1. The van der Waals surface area contributed by atoms with Crippen LogP contribution in [0.2, 0.25) is 0 Å². The zero-order valence-corrected chi connectivity index (χ0v) is 11.8. The summed E-state index contributed by atoms with van der Waals surface area (Å²) >= 11 is 0. The molecule has 4 nitrogen and oxygen atoms in total. The predicted molar refractivity (Wildman–Crippen MR) is 78.7 cm³/mol. The van der Waals surface area contributed by atoms with E-state index in [0.717, 1.165) is 0 Å². The van der Waals surface area contributed by atoms with E-state index in [-0.39, 0.29) is 5.69 Å². The number of nitrogens with zero attached hydrogens (tertiary/aromatic N) is 2. The Labute approximate surface area is 118 Å². The van der Waals surface area contributed by atoms with Crippen LogP contribution in [0.15, 0.2) is 30.3 Å². The van der Waals surface area contributed by atoms with E-state index in [2.05, 4.69) is 31.8 Å². The minimum absolute atomic E-state index is 0.179. The summed E-state index contributed by atoms with van der Waals surface area (Å²) in [4.78, 5) is 4.06. The maximum atomic E-state index is 8.90. The first-order valence-corrected chi connectivity index (χ1v) is 6.46. The van der Waals surface area contributed by atoms with E-state index >= 15 is 0 Å². The molecule has 0 radical (unpaired) electrons. The normalized spacial score (nSPS) is 10.3. The number of hydrogen-bond acceptors (Lipinski definition) is 4. The zero-order chi connectivity index (χ0) is 14.7. The largest absolute Gasteiger partial charge is 0.439 e. The molecule has 20 heavy (non-hydrogen) atoms. The highest BCUT2D eigenvalue weighted by Gasteiger charge is 2.07. The number of aromatic nitrogens is 1. The predicted octanol–water partition coefficient (Wildman–Crippen LogP) is 3.76. The average Bonchev–Trinajstić information content (AvgIpc) is 2.40. The smallest absolute Gasteiger partial charge is 0.220 e. The second-order valence-corrected chi connectivity index (χ2v) is 4.97. The SMILES string of the molecule is Cc1cc(Oc2ccc(N)c(C#N)n2)ccc1C(C)C. The molecular weight excluding hydrogens is 250 g/mol. The molecule has 0 aliphatic heterocycles. The van der Waals surface area contributed by atoms with E-state index in [1.54, 1.807) is 12.1 Å². The maximum Gasteiger partial charge on any atom is 0.220 e. The number of nitrogen functional groups attached to an aromatic ring is 1. The molecule has 0 aliphatic rings. The molecular formula is C16H17N3O. The van der Waals surface area contributed by atoms with Gasteiger partial charge in [-0.05, 0) is 42.2 Å². The third-order valence-corrected chi connectivity index (χ3v) is 3.09. The summed E-state index contributed by atoms with van der Waals surface area (Å²) in [6.07, 6.45) is 0. The molecule has 0 bridgehead atoms. The molecule has 0 aliphatic carbocycles. The van der Waals surface area contributed by atoms with Crippen molar-refractivity contribution in [1.82, 2.24) is 4.98 Å². The molecule has 0 amide bonds. The summed E-state index contributed by atoms with van der Waals surface area (Å²) in [5, 5.41) is 8.90. The van der Waals surface area contributed by atoms with Gasteiger partial charge in [0.2, 0.25) is 5.88 Å². The molecule has 1 heterocycles. The first-order valence-electron chi connectivity index (χ1n) is 6.46. The molecule has 2 N–H and O–H groups in total. The molecule has 0 spiro atoms. The number of hydrogen-bond donors (Lipinski definition) is 1. The third-order valence-electron chi connectivity index (χ3n) is 3.09. The quantitative estimate of drug-likeness (QED) is 0.919. The van der Waals surface area contributed by atoms with Crippen molar-refractivity contribution in [1.29, 1.82) is 5.26 Å². The summed E-state index contributed by atoms with van der Waals surface area (Å²) < 4.78 is 5.67. The fourth-order valence-corrected chi connectivity index (χ4v) is 2.08. The molecule has 2 rings (SSSR count). The number of aryl methyl sites for hydroxylation is 1. The van der Waals surface area contributed by atoms with E-state index in [1.165, 1.54) is 11.1 Å². The van der Waals surface area contributed by atoms with E-state index in [1.807, 2.05) is 18.2 Å². The van der Waals surface area contributed by atoms with Gasteiger partial charge in [0, 0.05) is 6.07 Å². The van der Waals surface area contributed by atoms with Crippen molar-refractivity contribution >= 4 is 5.69 Å². The number of rotatable bonds is 3. The lowest BCUT2D eigenvalue weighted by Crippen LogP contribution is -1.97. The van der Waals surface area contributed by atoms with E-state index in [0.29, 0.717) is 23.2 Å². The van der Waals surface area contributed by atoms with Gasteiger partial charge in [0.15, 0.2) is 5.69 Å². The van der Waals surface area contributed by atoms with Crippen LogP contribution in [-0.4, -0.2) is 4.98 Å². The van der Waals surface area contributed by atoms with Crippen molar-refractivity contribution in [3.8, 4) is 17.7 Å². The number of ether oxygens (including phenoxy) is 1. The Balaban J connectivity index is 2.27. The molecule has 102 valence electrons. The summed E-state index contributed by atoms with van der Waals surface area (Å²) in [7, 11) is 0. The summed E-state index contributed by atoms with van der Waals surface area (Å²) in [6.45, 7) is 6.37. The Morgan fingerprint density at radius 2 is 2.00 bits per heavy atom. The van der Waals surface area contributed by atoms with Crippen molar-refractivity contribution in [2.45, 2.75) is 26.7 Å². The van der Waals surface area contributed by atoms with Gasteiger partial charge in [-0.1, -0.05) is 19.9 Å². The topological polar surface area (TPSA) is 71.9 Å². The number of nitrogens with two attached hydrogens (primary N) is 1. The van der Waals surface area contributed by atoms with Gasteiger partial charge in [-0.25, -0.2) is 4.98 Å². The van der Waals surface area contributed by atoms with Crippen LogP contribution in [0.25, 0.3) is 0 Å². The highest BCUT2D eigenvalue weighted by Crippen LogP contribution is 2.27. The average molecular weight is 267 g/mol. The molecule has 4 heteroatoms. The zero-order valence-electron chi connectivity index (χ0n) is 11.8. The van der Waals surface area contributed by atoms with Gasteiger partial charge in [0.1, 0.15) is 11.8 Å². The number of pyridine rings is 1. The van der Waals surface area contributed by atoms with Crippen molar-refractivity contribution in [3.63, 3.8) is 0 Å². The van der Waals surface area contributed by atoms with Gasteiger partial charge >= 0.3 is 0 Å². The molecule has 1 aromatic carbocycles. The van der Waals surface area contributed by atoms with Crippen LogP contribution < -0.4 is 10.5 Å². The Morgan fingerprint density at radius 1 is 1.25 bits per heavy atom. The van der Waals surface area contributed by atoms with Crippen molar-refractivity contribution in [3.05, 3.63) is 47.2 Å². The molecule has 0 unspecified atom stereocenters. The van der Waals surface area contributed by atoms with E-state index < -0.39 is 0 Å². The van der Waals surface area contributed by atoms with Crippen LogP contribution in [-0.2, 0) is 0 Å². The Bertz CT molecular complexity index is 672. The van der Waals surface area contributed by atoms with Crippen molar-refractivity contribution in [2.24, 2.45) is 0 Å². The number of nitriles is 1. The molecule has 0 saturated carbocycles. The minimum Gasteiger partial charge on any atom is -0.439 e. The van der Waals surface area contributed by atoms with Crippen LogP contribution in [0.5, 0.6) is 11.6 Å². The molecule has 2 aromatic rings. The second-order valence-electron chi connectivity index (χ2n) is 4.97. The fraction of sp³-hybridized carbons (Fsp3) is 0.250. The van der Waals surface area contributed by atoms with E-state index in [9.17, 15) is 0 Å². The Morgan fingerprint density at radius 3 is 2.60 bits per heavy atom. The molecule has 1 aromatic heterocycles. The van der Waals surface area contributed by atoms with Gasteiger partial charge < -0.3 is 10.5 Å².